The van der Waals surface area contributed by atoms with Crippen LogP contribution in [-0.4, -0.2) is 21.3 Å². The number of aromatic nitrogens is 2. The summed E-state index contributed by atoms with van der Waals surface area (Å²) in [7, 11) is 0. The molecule has 0 saturated carbocycles. The van der Waals surface area contributed by atoms with Gasteiger partial charge < -0.3 is 9.67 Å². The third-order valence-corrected chi connectivity index (χ3v) is 1.73. The fourth-order valence-electron chi connectivity index (χ4n) is 1.10. The van der Waals surface area contributed by atoms with Gasteiger partial charge in [-0.25, -0.2) is 4.98 Å². The lowest BCUT2D eigenvalue weighted by Gasteiger charge is -2.02. The summed E-state index contributed by atoms with van der Waals surface area (Å²) in [5, 5.41) is 8.60. The highest BCUT2D eigenvalue weighted by atomic mass is 16.2. The van der Waals surface area contributed by atoms with E-state index in [2.05, 4.69) is 16.5 Å². The molecule has 0 fully saturated rings. The summed E-state index contributed by atoms with van der Waals surface area (Å²) in [6, 6.07) is 0. The highest BCUT2D eigenvalue weighted by Crippen LogP contribution is 2.01. The molecule has 11 heavy (non-hydrogen) atoms. The van der Waals surface area contributed by atoms with Gasteiger partial charge in [0.1, 0.15) is 0 Å². The molecule has 62 valence electrons. The van der Waals surface area contributed by atoms with Crippen LogP contribution in [0.4, 0.5) is 0 Å². The molecule has 0 spiro atoms. The first-order chi connectivity index (χ1) is 5.38. The standard InChI is InChI=1S/C8H14N2O/c1-2-10-7-9-6-8(10)4-3-5-11/h6-7,11H,2-5H2,1H3. The predicted molar refractivity (Wildman–Crippen MR) is 43.3 cm³/mol. The van der Waals surface area contributed by atoms with E-state index in [1.54, 1.807) is 0 Å². The van der Waals surface area contributed by atoms with Gasteiger partial charge in [-0.2, -0.15) is 0 Å². The summed E-state index contributed by atoms with van der Waals surface area (Å²) < 4.78 is 2.09. The second kappa shape index (κ2) is 4.13. The van der Waals surface area contributed by atoms with E-state index in [1.165, 1.54) is 5.69 Å². The van der Waals surface area contributed by atoms with Crippen LogP contribution in [0.15, 0.2) is 12.5 Å². The van der Waals surface area contributed by atoms with Crippen LogP contribution in [0.1, 0.15) is 19.0 Å². The van der Waals surface area contributed by atoms with E-state index < -0.39 is 0 Å². The van der Waals surface area contributed by atoms with E-state index >= 15 is 0 Å². The average Bonchev–Trinajstić information content (AvgIpc) is 2.47. The number of imidazole rings is 1. The van der Waals surface area contributed by atoms with Crippen molar-refractivity contribution in [2.24, 2.45) is 0 Å². The highest BCUT2D eigenvalue weighted by Gasteiger charge is 1.97. The summed E-state index contributed by atoms with van der Waals surface area (Å²) in [5.74, 6) is 0. The van der Waals surface area contributed by atoms with Crippen LogP contribution in [0.25, 0.3) is 0 Å². The average molecular weight is 154 g/mol. The van der Waals surface area contributed by atoms with E-state index in [4.69, 9.17) is 5.11 Å². The van der Waals surface area contributed by atoms with E-state index in [9.17, 15) is 0 Å². The van der Waals surface area contributed by atoms with Gasteiger partial charge in [-0.15, -0.1) is 0 Å². The Labute approximate surface area is 66.7 Å². The number of aliphatic hydroxyl groups is 1. The van der Waals surface area contributed by atoms with Crippen molar-refractivity contribution in [3.05, 3.63) is 18.2 Å². The maximum absolute atomic E-state index is 8.60. The van der Waals surface area contributed by atoms with Crippen molar-refractivity contribution >= 4 is 0 Å². The van der Waals surface area contributed by atoms with Gasteiger partial charge in [0.05, 0.1) is 6.33 Å². The van der Waals surface area contributed by atoms with E-state index in [-0.39, 0.29) is 6.61 Å². The lowest BCUT2D eigenvalue weighted by Crippen LogP contribution is -1.99. The third kappa shape index (κ3) is 2.05. The predicted octanol–water partition coefficient (Wildman–Crippen LogP) is 0.828. The minimum atomic E-state index is 0.259. The summed E-state index contributed by atoms with van der Waals surface area (Å²) in [5.41, 5.74) is 1.21. The van der Waals surface area contributed by atoms with E-state index in [1.807, 2.05) is 12.5 Å². The van der Waals surface area contributed by atoms with Crippen LogP contribution < -0.4 is 0 Å². The van der Waals surface area contributed by atoms with Crippen molar-refractivity contribution in [1.29, 1.82) is 0 Å². The Morgan fingerprint density at radius 3 is 3.09 bits per heavy atom. The van der Waals surface area contributed by atoms with E-state index in [0.717, 1.165) is 19.4 Å². The molecule has 0 radical (unpaired) electrons. The molecule has 0 unspecified atom stereocenters. The van der Waals surface area contributed by atoms with Crippen molar-refractivity contribution in [3.8, 4) is 0 Å². The van der Waals surface area contributed by atoms with Crippen LogP contribution in [0.3, 0.4) is 0 Å². The smallest absolute Gasteiger partial charge is 0.0948 e. The maximum atomic E-state index is 8.60. The molecule has 0 aliphatic rings. The molecule has 3 nitrogen and oxygen atoms in total. The van der Waals surface area contributed by atoms with Crippen LogP contribution >= 0.6 is 0 Å². The largest absolute Gasteiger partial charge is 0.396 e. The van der Waals surface area contributed by atoms with Gasteiger partial charge in [0.25, 0.3) is 0 Å². The van der Waals surface area contributed by atoms with Gasteiger partial charge in [0, 0.05) is 25.0 Å². The zero-order valence-corrected chi connectivity index (χ0v) is 6.82. The Bertz CT molecular complexity index is 208. The molecule has 1 aromatic heterocycles. The number of hydrogen-bond acceptors (Lipinski definition) is 2. The van der Waals surface area contributed by atoms with Crippen molar-refractivity contribution in [2.45, 2.75) is 26.3 Å². The molecule has 0 aliphatic carbocycles. The van der Waals surface area contributed by atoms with Gasteiger partial charge in [-0.1, -0.05) is 0 Å². The molecule has 0 bridgehead atoms. The summed E-state index contributed by atoms with van der Waals surface area (Å²) in [4.78, 5) is 4.03. The van der Waals surface area contributed by atoms with Gasteiger partial charge in [0.2, 0.25) is 0 Å². The molecule has 1 N–H and O–H groups in total. The Hall–Kier alpha value is -0.830. The second-order valence-corrected chi connectivity index (χ2v) is 2.50. The number of hydrogen-bond donors (Lipinski definition) is 1. The maximum Gasteiger partial charge on any atom is 0.0948 e. The SMILES string of the molecule is CCn1cncc1CCCO. The molecular weight excluding hydrogens is 140 g/mol. The van der Waals surface area contributed by atoms with Crippen LogP contribution in [0.2, 0.25) is 0 Å². The topological polar surface area (TPSA) is 38.0 Å². The van der Waals surface area contributed by atoms with Crippen molar-refractivity contribution in [1.82, 2.24) is 9.55 Å². The monoisotopic (exact) mass is 154 g/mol. The van der Waals surface area contributed by atoms with Gasteiger partial charge in [-0.05, 0) is 19.8 Å². The Balaban J connectivity index is 2.54. The number of aliphatic hydroxyl groups excluding tert-OH is 1. The summed E-state index contributed by atoms with van der Waals surface area (Å²) in [6.45, 7) is 3.31. The molecular formula is C8H14N2O. The Kier molecular flexibility index (Phi) is 3.11. The lowest BCUT2D eigenvalue weighted by atomic mass is 10.2. The van der Waals surface area contributed by atoms with Gasteiger partial charge in [-0.3, -0.25) is 0 Å². The summed E-state index contributed by atoms with van der Waals surface area (Å²) in [6.07, 6.45) is 5.43. The molecule has 3 heteroatoms. The first kappa shape index (κ1) is 8.27. The normalized spacial score (nSPS) is 10.4. The molecule has 0 amide bonds. The molecule has 0 atom stereocenters. The van der Waals surface area contributed by atoms with Crippen molar-refractivity contribution < 1.29 is 5.11 Å². The highest BCUT2D eigenvalue weighted by molar-refractivity contribution is 4.97. The number of aryl methyl sites for hydroxylation is 2. The summed E-state index contributed by atoms with van der Waals surface area (Å²) >= 11 is 0. The van der Waals surface area contributed by atoms with Gasteiger partial charge in [0.15, 0.2) is 0 Å². The Morgan fingerprint density at radius 1 is 1.64 bits per heavy atom. The number of rotatable bonds is 4. The van der Waals surface area contributed by atoms with Crippen LogP contribution in [0.5, 0.6) is 0 Å². The first-order valence-electron chi connectivity index (χ1n) is 3.98. The zero-order chi connectivity index (χ0) is 8.10. The molecule has 0 saturated heterocycles. The Morgan fingerprint density at radius 2 is 2.45 bits per heavy atom. The lowest BCUT2D eigenvalue weighted by molar-refractivity contribution is 0.287. The first-order valence-corrected chi connectivity index (χ1v) is 3.98. The van der Waals surface area contributed by atoms with Crippen molar-refractivity contribution in [2.75, 3.05) is 6.61 Å². The molecule has 1 rings (SSSR count). The van der Waals surface area contributed by atoms with E-state index in [0.29, 0.717) is 0 Å². The van der Waals surface area contributed by atoms with Crippen LogP contribution in [0, 0.1) is 0 Å². The molecule has 0 aliphatic heterocycles. The van der Waals surface area contributed by atoms with Crippen LogP contribution in [-0.2, 0) is 13.0 Å². The minimum absolute atomic E-state index is 0.259. The molecule has 0 aromatic carbocycles. The van der Waals surface area contributed by atoms with Crippen molar-refractivity contribution in [3.63, 3.8) is 0 Å². The fourth-order valence-corrected chi connectivity index (χ4v) is 1.10. The molecule has 1 aromatic rings. The number of nitrogens with zero attached hydrogens (tertiary/aromatic N) is 2. The fraction of sp³-hybridized carbons (Fsp3) is 0.625. The second-order valence-electron chi connectivity index (χ2n) is 2.50. The quantitative estimate of drug-likeness (QED) is 0.697. The van der Waals surface area contributed by atoms with Gasteiger partial charge >= 0.3 is 0 Å². The zero-order valence-electron chi connectivity index (χ0n) is 6.82. The minimum Gasteiger partial charge on any atom is -0.396 e. The third-order valence-electron chi connectivity index (χ3n) is 1.73. The molecule has 1 heterocycles.